The summed E-state index contributed by atoms with van der Waals surface area (Å²) >= 11 is 5.90. The average molecular weight is 348 g/mol. The van der Waals surface area contributed by atoms with Crippen LogP contribution in [0.5, 0.6) is 0 Å². The van der Waals surface area contributed by atoms with Gasteiger partial charge >= 0.3 is 0 Å². The smallest absolute Gasteiger partial charge is 0.269 e. The molecule has 2 aromatic rings. The number of halogens is 1. The van der Waals surface area contributed by atoms with Crippen LogP contribution in [0.4, 0.5) is 17.1 Å². The molecule has 0 saturated carbocycles. The number of amides is 2. The molecule has 24 heavy (non-hydrogen) atoms. The third-order valence-electron chi connectivity index (χ3n) is 3.21. The zero-order valence-corrected chi connectivity index (χ0v) is 13.7. The zero-order chi connectivity index (χ0) is 17.9. The van der Waals surface area contributed by atoms with Crippen molar-refractivity contribution in [3.05, 3.63) is 62.7 Å². The summed E-state index contributed by atoms with van der Waals surface area (Å²) in [5.41, 5.74) is 1.41. The summed E-state index contributed by atoms with van der Waals surface area (Å²) in [4.78, 5) is 33.9. The van der Waals surface area contributed by atoms with Crippen LogP contribution in [0.1, 0.15) is 22.8 Å². The molecular formula is C16H14ClN3O4. The van der Waals surface area contributed by atoms with E-state index in [1.807, 2.05) is 0 Å². The maximum atomic E-state index is 12.4. The molecule has 0 bridgehead atoms. The summed E-state index contributed by atoms with van der Waals surface area (Å²) in [5, 5.41) is 16.4. The molecule has 0 unspecified atom stereocenters. The molecule has 2 amide bonds. The van der Waals surface area contributed by atoms with Crippen LogP contribution >= 0.6 is 11.6 Å². The van der Waals surface area contributed by atoms with Gasteiger partial charge in [0.1, 0.15) is 0 Å². The number of nitro groups is 1. The Morgan fingerprint density at radius 3 is 2.38 bits per heavy atom. The van der Waals surface area contributed by atoms with Gasteiger partial charge in [-0.25, -0.2) is 0 Å². The van der Waals surface area contributed by atoms with Crippen molar-refractivity contribution in [1.82, 2.24) is 0 Å². The lowest BCUT2D eigenvalue weighted by Crippen LogP contribution is -2.16. The number of anilines is 2. The summed E-state index contributed by atoms with van der Waals surface area (Å²) < 4.78 is 0. The van der Waals surface area contributed by atoms with Crippen molar-refractivity contribution in [2.45, 2.75) is 13.8 Å². The molecule has 0 atom stereocenters. The minimum Gasteiger partial charge on any atom is -0.324 e. The molecule has 0 aromatic heterocycles. The van der Waals surface area contributed by atoms with Crippen molar-refractivity contribution in [3.8, 4) is 0 Å². The third-order valence-corrected chi connectivity index (χ3v) is 3.44. The van der Waals surface area contributed by atoms with E-state index in [-0.39, 0.29) is 11.6 Å². The Morgan fingerprint density at radius 2 is 1.79 bits per heavy atom. The molecule has 8 heteroatoms. The Kier molecular flexibility index (Phi) is 5.15. The molecule has 0 fully saturated rings. The molecule has 0 spiro atoms. The van der Waals surface area contributed by atoms with E-state index in [2.05, 4.69) is 10.6 Å². The number of hydrogen-bond acceptors (Lipinski definition) is 4. The van der Waals surface area contributed by atoms with Crippen LogP contribution in [0.15, 0.2) is 36.4 Å². The van der Waals surface area contributed by atoms with Gasteiger partial charge in [-0.1, -0.05) is 11.6 Å². The minimum atomic E-state index is -0.525. The highest BCUT2D eigenvalue weighted by molar-refractivity contribution is 6.31. The fourth-order valence-electron chi connectivity index (χ4n) is 2.12. The molecule has 124 valence electrons. The summed E-state index contributed by atoms with van der Waals surface area (Å²) in [5.74, 6) is -0.754. The summed E-state index contributed by atoms with van der Waals surface area (Å²) in [6.07, 6.45) is 0. The largest absolute Gasteiger partial charge is 0.324 e. The van der Waals surface area contributed by atoms with E-state index in [0.29, 0.717) is 27.5 Å². The number of carbonyl (C=O) groups excluding carboxylic acids is 2. The standard InChI is InChI=1S/C16H14ClN3O4/c1-9-7-12(20(23)24)4-5-13(9)16(22)19-14-6-3-11(17)8-15(14)18-10(2)21/h3-8H,1-2H3,(H,18,21)(H,19,22). The highest BCUT2D eigenvalue weighted by atomic mass is 35.5. The lowest BCUT2D eigenvalue weighted by Gasteiger charge is -2.13. The summed E-state index contributed by atoms with van der Waals surface area (Å²) in [6.45, 7) is 2.95. The number of nitro benzene ring substituents is 1. The maximum absolute atomic E-state index is 12.4. The lowest BCUT2D eigenvalue weighted by atomic mass is 10.1. The van der Waals surface area contributed by atoms with Crippen LogP contribution in [0.25, 0.3) is 0 Å². The van der Waals surface area contributed by atoms with Gasteiger partial charge < -0.3 is 10.6 Å². The van der Waals surface area contributed by atoms with E-state index in [1.165, 1.54) is 31.2 Å². The molecule has 2 aromatic carbocycles. The molecule has 2 N–H and O–H groups in total. The molecule has 0 aliphatic heterocycles. The highest BCUT2D eigenvalue weighted by Crippen LogP contribution is 2.27. The Bertz CT molecular complexity index is 836. The van der Waals surface area contributed by atoms with Gasteiger partial charge in [0.15, 0.2) is 0 Å². The van der Waals surface area contributed by atoms with Crippen molar-refractivity contribution in [2.24, 2.45) is 0 Å². The number of hydrogen-bond donors (Lipinski definition) is 2. The summed E-state index contributed by atoms with van der Waals surface area (Å²) in [6, 6.07) is 8.62. The topological polar surface area (TPSA) is 101 Å². The van der Waals surface area contributed by atoms with Crippen LogP contribution in [0.3, 0.4) is 0 Å². The van der Waals surface area contributed by atoms with E-state index in [1.54, 1.807) is 19.1 Å². The van der Waals surface area contributed by atoms with Gasteiger partial charge in [0, 0.05) is 29.6 Å². The SMILES string of the molecule is CC(=O)Nc1cc(Cl)ccc1NC(=O)c1ccc([N+](=O)[O-])cc1C. The van der Waals surface area contributed by atoms with Crippen molar-refractivity contribution < 1.29 is 14.5 Å². The zero-order valence-electron chi connectivity index (χ0n) is 12.9. The van der Waals surface area contributed by atoms with E-state index in [4.69, 9.17) is 11.6 Å². The van der Waals surface area contributed by atoms with E-state index >= 15 is 0 Å². The first-order valence-corrected chi connectivity index (χ1v) is 7.29. The summed E-state index contributed by atoms with van der Waals surface area (Å²) in [7, 11) is 0. The van der Waals surface area contributed by atoms with Crippen molar-refractivity contribution in [1.29, 1.82) is 0 Å². The first kappa shape index (κ1) is 17.4. The van der Waals surface area contributed by atoms with Gasteiger partial charge in [-0.3, -0.25) is 19.7 Å². The van der Waals surface area contributed by atoms with Crippen LogP contribution < -0.4 is 10.6 Å². The molecule has 0 heterocycles. The molecule has 0 aliphatic rings. The van der Waals surface area contributed by atoms with Gasteiger partial charge in [0.2, 0.25) is 5.91 Å². The fourth-order valence-corrected chi connectivity index (χ4v) is 2.30. The van der Waals surface area contributed by atoms with E-state index in [0.717, 1.165) is 0 Å². The number of benzene rings is 2. The minimum absolute atomic E-state index is 0.0884. The monoisotopic (exact) mass is 347 g/mol. The number of non-ortho nitro benzene ring substituents is 1. The quantitative estimate of drug-likeness (QED) is 0.649. The van der Waals surface area contributed by atoms with E-state index < -0.39 is 10.8 Å². The number of rotatable bonds is 4. The van der Waals surface area contributed by atoms with Gasteiger partial charge in [0.05, 0.1) is 16.3 Å². The second-order valence-electron chi connectivity index (χ2n) is 5.08. The van der Waals surface area contributed by atoms with Gasteiger partial charge in [-0.15, -0.1) is 0 Å². The molecular weight excluding hydrogens is 334 g/mol. The molecule has 0 radical (unpaired) electrons. The third kappa shape index (κ3) is 4.08. The van der Waals surface area contributed by atoms with Gasteiger partial charge in [-0.05, 0) is 36.8 Å². The van der Waals surface area contributed by atoms with Crippen LogP contribution in [0, 0.1) is 17.0 Å². The Hall–Kier alpha value is -2.93. The molecule has 2 rings (SSSR count). The number of nitrogens with one attached hydrogen (secondary N) is 2. The second-order valence-corrected chi connectivity index (χ2v) is 5.52. The van der Waals surface area contributed by atoms with Crippen LogP contribution in [-0.2, 0) is 4.79 Å². The Morgan fingerprint density at radius 1 is 1.08 bits per heavy atom. The van der Waals surface area contributed by atoms with Crippen LogP contribution in [0.2, 0.25) is 5.02 Å². The second kappa shape index (κ2) is 7.10. The van der Waals surface area contributed by atoms with Crippen LogP contribution in [-0.4, -0.2) is 16.7 Å². The maximum Gasteiger partial charge on any atom is 0.269 e. The lowest BCUT2D eigenvalue weighted by molar-refractivity contribution is -0.384. The highest BCUT2D eigenvalue weighted by Gasteiger charge is 2.15. The predicted octanol–water partition coefficient (Wildman–Crippen LogP) is 3.77. The first-order valence-electron chi connectivity index (χ1n) is 6.91. The van der Waals surface area contributed by atoms with Crippen molar-refractivity contribution >= 4 is 40.5 Å². The van der Waals surface area contributed by atoms with Crippen molar-refractivity contribution in [3.63, 3.8) is 0 Å². The Balaban J connectivity index is 2.30. The number of nitrogens with zero attached hydrogens (tertiary/aromatic N) is 1. The van der Waals surface area contributed by atoms with Gasteiger partial charge in [-0.2, -0.15) is 0 Å². The first-order chi connectivity index (χ1) is 11.3. The van der Waals surface area contributed by atoms with Gasteiger partial charge in [0.25, 0.3) is 11.6 Å². The normalized spacial score (nSPS) is 10.1. The number of carbonyl (C=O) groups is 2. The van der Waals surface area contributed by atoms with E-state index in [9.17, 15) is 19.7 Å². The predicted molar refractivity (Wildman–Crippen MR) is 91.5 cm³/mol. The average Bonchev–Trinajstić information content (AvgIpc) is 2.49. The molecule has 0 aliphatic carbocycles. The fraction of sp³-hybridized carbons (Fsp3) is 0.125. The molecule has 7 nitrogen and oxygen atoms in total. The molecule has 0 saturated heterocycles. The Labute approximate surface area is 142 Å². The number of aryl methyl sites for hydroxylation is 1. The van der Waals surface area contributed by atoms with Crippen molar-refractivity contribution in [2.75, 3.05) is 10.6 Å².